The molecule has 0 amide bonds. The van der Waals surface area contributed by atoms with Gasteiger partial charge in [-0.15, -0.1) is 0 Å². The smallest absolute Gasteiger partial charge is 0.357 e. The Morgan fingerprint density at radius 3 is 2.67 bits per heavy atom. The first kappa shape index (κ1) is 10.2. The van der Waals surface area contributed by atoms with Crippen LogP contribution in [0.3, 0.4) is 0 Å². The minimum absolute atomic E-state index is 0.324. The van der Waals surface area contributed by atoms with Crippen LogP contribution >= 0.6 is 31.9 Å². The van der Waals surface area contributed by atoms with Crippen molar-refractivity contribution >= 4 is 43.2 Å². The first-order valence-electron chi connectivity index (χ1n) is 2.84. The van der Waals surface area contributed by atoms with Gasteiger partial charge in [0.15, 0.2) is 5.75 Å². The van der Waals surface area contributed by atoms with Gasteiger partial charge in [0, 0.05) is 4.47 Å². The first-order valence-corrected chi connectivity index (χ1v) is 5.45. The number of rotatable bonds is 2. The second-order valence-corrected chi connectivity index (χ2v) is 4.25. The molecule has 66 valence electrons. The van der Waals surface area contributed by atoms with E-state index in [9.17, 15) is 4.21 Å². The Balaban J connectivity index is 2.97. The van der Waals surface area contributed by atoms with Crippen molar-refractivity contribution in [2.24, 2.45) is 0 Å². The fourth-order valence-electron chi connectivity index (χ4n) is 0.618. The van der Waals surface area contributed by atoms with E-state index >= 15 is 0 Å². The molecule has 1 aromatic carbocycles. The van der Waals surface area contributed by atoms with Crippen molar-refractivity contribution in [3.8, 4) is 5.75 Å². The Bertz CT molecular complexity index is 316. The maximum atomic E-state index is 10.3. The minimum atomic E-state index is -2.29. The average Bonchev–Trinajstić information content (AvgIpc) is 1.96. The van der Waals surface area contributed by atoms with E-state index in [1.54, 1.807) is 18.2 Å². The molecule has 3 nitrogen and oxygen atoms in total. The van der Waals surface area contributed by atoms with E-state index in [1.165, 1.54) is 0 Å². The highest BCUT2D eigenvalue weighted by Gasteiger charge is 2.04. The SMILES string of the molecule is O=S(O)Oc1cc(Br)ccc1Br. The third kappa shape index (κ3) is 2.85. The predicted molar refractivity (Wildman–Crippen MR) is 53.2 cm³/mol. The lowest BCUT2D eigenvalue weighted by Gasteiger charge is -2.02. The molecule has 0 aliphatic carbocycles. The summed E-state index contributed by atoms with van der Waals surface area (Å²) in [6.45, 7) is 0. The predicted octanol–water partition coefficient (Wildman–Crippen LogP) is 2.73. The second kappa shape index (κ2) is 4.36. The van der Waals surface area contributed by atoms with Crippen LogP contribution in [0.1, 0.15) is 0 Å². The van der Waals surface area contributed by atoms with Gasteiger partial charge in [-0.2, -0.15) is 4.21 Å². The Hall–Kier alpha value is 0.0900. The van der Waals surface area contributed by atoms with Crippen molar-refractivity contribution in [3.05, 3.63) is 27.1 Å². The van der Waals surface area contributed by atoms with Gasteiger partial charge < -0.3 is 4.18 Å². The Labute approximate surface area is 88.9 Å². The quantitative estimate of drug-likeness (QED) is 0.854. The van der Waals surface area contributed by atoms with Crippen LogP contribution in [-0.4, -0.2) is 8.76 Å². The number of halogens is 2. The molecule has 0 heterocycles. The zero-order valence-electron chi connectivity index (χ0n) is 5.66. The van der Waals surface area contributed by atoms with Crippen molar-refractivity contribution in [1.29, 1.82) is 0 Å². The van der Waals surface area contributed by atoms with E-state index in [4.69, 9.17) is 4.55 Å². The third-order valence-corrected chi connectivity index (χ3v) is 2.52. The Kier molecular flexibility index (Phi) is 3.70. The summed E-state index contributed by atoms with van der Waals surface area (Å²) in [5.41, 5.74) is 0. The molecule has 12 heavy (non-hydrogen) atoms. The van der Waals surface area contributed by atoms with Gasteiger partial charge in [0.2, 0.25) is 0 Å². The lowest BCUT2D eigenvalue weighted by atomic mass is 10.3. The molecular weight excluding hydrogens is 312 g/mol. The van der Waals surface area contributed by atoms with Gasteiger partial charge in [0.25, 0.3) is 0 Å². The van der Waals surface area contributed by atoms with Crippen LogP contribution in [0.2, 0.25) is 0 Å². The molecule has 0 fully saturated rings. The average molecular weight is 316 g/mol. The van der Waals surface area contributed by atoms with E-state index in [1.807, 2.05) is 0 Å². The summed E-state index contributed by atoms with van der Waals surface area (Å²) in [7, 11) is 0. The largest absolute Gasteiger partial charge is 0.379 e. The molecule has 1 unspecified atom stereocenters. The van der Waals surface area contributed by atoms with Gasteiger partial charge in [-0.25, -0.2) is 0 Å². The van der Waals surface area contributed by atoms with Crippen molar-refractivity contribution < 1.29 is 12.9 Å². The zero-order chi connectivity index (χ0) is 9.14. The molecule has 0 spiro atoms. The van der Waals surface area contributed by atoms with E-state index in [-0.39, 0.29) is 0 Å². The molecule has 0 aliphatic heterocycles. The van der Waals surface area contributed by atoms with Crippen LogP contribution in [0.4, 0.5) is 0 Å². The summed E-state index contributed by atoms with van der Waals surface area (Å²) in [6, 6.07) is 5.10. The van der Waals surface area contributed by atoms with Gasteiger partial charge in [-0.3, -0.25) is 4.55 Å². The van der Waals surface area contributed by atoms with Crippen LogP contribution < -0.4 is 4.18 Å². The molecule has 1 N–H and O–H groups in total. The lowest BCUT2D eigenvalue weighted by Crippen LogP contribution is -1.97. The van der Waals surface area contributed by atoms with Gasteiger partial charge in [0.05, 0.1) is 4.47 Å². The molecule has 0 bridgehead atoms. The minimum Gasteiger partial charge on any atom is -0.379 e. The molecule has 1 aromatic rings. The summed E-state index contributed by atoms with van der Waals surface area (Å²) < 4.78 is 24.7. The first-order chi connectivity index (χ1) is 5.59. The van der Waals surface area contributed by atoms with Crippen molar-refractivity contribution in [2.75, 3.05) is 0 Å². The van der Waals surface area contributed by atoms with E-state index in [0.717, 1.165) is 4.47 Å². The molecule has 0 aromatic heterocycles. The molecule has 1 rings (SSSR count). The number of hydrogen-bond donors (Lipinski definition) is 1. The van der Waals surface area contributed by atoms with E-state index < -0.39 is 11.4 Å². The van der Waals surface area contributed by atoms with Gasteiger partial charge in [-0.05, 0) is 34.1 Å². The second-order valence-electron chi connectivity index (χ2n) is 1.88. The molecule has 0 saturated carbocycles. The van der Waals surface area contributed by atoms with Gasteiger partial charge >= 0.3 is 11.4 Å². The summed E-state index contributed by atoms with van der Waals surface area (Å²) in [5.74, 6) is 0.324. The summed E-state index contributed by atoms with van der Waals surface area (Å²) >= 11 is 4.09. The van der Waals surface area contributed by atoms with Gasteiger partial charge in [-0.1, -0.05) is 15.9 Å². The molecule has 0 aliphatic rings. The van der Waals surface area contributed by atoms with Crippen molar-refractivity contribution in [2.45, 2.75) is 0 Å². The molecule has 0 saturated heterocycles. The monoisotopic (exact) mass is 314 g/mol. The highest BCUT2D eigenvalue weighted by molar-refractivity contribution is 9.11. The molecule has 0 radical (unpaired) electrons. The zero-order valence-corrected chi connectivity index (χ0v) is 9.65. The summed E-state index contributed by atoms with van der Waals surface area (Å²) in [6.07, 6.45) is 0. The number of benzene rings is 1. The molecular formula is C6H4Br2O3S. The van der Waals surface area contributed by atoms with Crippen molar-refractivity contribution in [1.82, 2.24) is 0 Å². The fraction of sp³-hybridized carbons (Fsp3) is 0. The number of hydrogen-bond acceptors (Lipinski definition) is 2. The highest BCUT2D eigenvalue weighted by atomic mass is 79.9. The maximum Gasteiger partial charge on any atom is 0.357 e. The molecule has 1 atom stereocenters. The third-order valence-electron chi connectivity index (χ3n) is 1.05. The van der Waals surface area contributed by atoms with Crippen molar-refractivity contribution in [3.63, 3.8) is 0 Å². The van der Waals surface area contributed by atoms with Crippen LogP contribution in [-0.2, 0) is 11.4 Å². The van der Waals surface area contributed by atoms with Crippen LogP contribution in [0, 0.1) is 0 Å². The maximum absolute atomic E-state index is 10.3. The van der Waals surface area contributed by atoms with Gasteiger partial charge in [0.1, 0.15) is 0 Å². The lowest BCUT2D eigenvalue weighted by molar-refractivity contribution is 0.456. The highest BCUT2D eigenvalue weighted by Crippen LogP contribution is 2.28. The Morgan fingerprint density at radius 2 is 2.08 bits per heavy atom. The summed E-state index contributed by atoms with van der Waals surface area (Å²) in [4.78, 5) is 0. The van der Waals surface area contributed by atoms with Crippen LogP contribution in [0.25, 0.3) is 0 Å². The van der Waals surface area contributed by atoms with Crippen LogP contribution in [0.5, 0.6) is 5.75 Å². The fourth-order valence-corrected chi connectivity index (χ4v) is 1.68. The van der Waals surface area contributed by atoms with E-state index in [0.29, 0.717) is 10.2 Å². The van der Waals surface area contributed by atoms with Crippen LogP contribution in [0.15, 0.2) is 27.1 Å². The topological polar surface area (TPSA) is 46.5 Å². The normalized spacial score (nSPS) is 12.6. The standard InChI is InChI=1S/C6H4Br2O3S/c7-4-1-2-5(8)6(3-4)11-12(9)10/h1-3H,(H,9,10). The summed E-state index contributed by atoms with van der Waals surface area (Å²) in [5, 5.41) is 0. The molecule has 6 heteroatoms. The Morgan fingerprint density at radius 1 is 1.42 bits per heavy atom. The van der Waals surface area contributed by atoms with E-state index in [2.05, 4.69) is 36.0 Å².